The zero-order valence-corrected chi connectivity index (χ0v) is 19.9. The van der Waals surface area contributed by atoms with Gasteiger partial charge in [-0.15, -0.1) is 0 Å². The smallest absolute Gasteiger partial charge is 0.300 e. The fraction of sp³-hybridized carbons (Fsp3) is 0.154. The van der Waals surface area contributed by atoms with Crippen molar-refractivity contribution in [3.63, 3.8) is 0 Å². The minimum absolute atomic E-state index is 0.00800. The number of aliphatic hydroxyl groups excluding tert-OH is 1. The molecule has 0 bridgehead atoms. The third-order valence-electron chi connectivity index (χ3n) is 5.66. The van der Waals surface area contributed by atoms with E-state index in [1.54, 1.807) is 61.7 Å². The van der Waals surface area contributed by atoms with E-state index in [1.807, 2.05) is 19.1 Å². The number of Topliss-reactive ketones (excluding diaryl/α,β-unsaturated/α-hetero) is 1. The zero-order valence-electron chi connectivity index (χ0n) is 18.3. The molecule has 3 aromatic rings. The molecule has 0 aliphatic carbocycles. The molecule has 1 saturated heterocycles. The van der Waals surface area contributed by atoms with Gasteiger partial charge in [0.2, 0.25) is 0 Å². The molecule has 0 saturated carbocycles. The average Bonchev–Trinajstić information content (AvgIpc) is 3.10. The third-order valence-corrected chi connectivity index (χ3v) is 6.51. The van der Waals surface area contributed by atoms with E-state index in [0.717, 1.165) is 10.0 Å². The number of hydrogen-bond donors (Lipinski definition) is 1. The minimum Gasteiger partial charge on any atom is -0.507 e. The fourth-order valence-corrected chi connectivity index (χ4v) is 4.29. The largest absolute Gasteiger partial charge is 0.507 e. The van der Waals surface area contributed by atoms with Crippen LogP contribution in [-0.4, -0.2) is 31.0 Å². The van der Waals surface area contributed by atoms with Crippen LogP contribution in [0.15, 0.2) is 76.8 Å². The highest BCUT2D eigenvalue weighted by molar-refractivity contribution is 9.10. The maximum atomic E-state index is 13.3. The molecule has 4 rings (SSSR count). The summed E-state index contributed by atoms with van der Waals surface area (Å²) in [5, 5.41) is 11.2. The highest BCUT2D eigenvalue weighted by Crippen LogP contribution is 2.46. The maximum Gasteiger partial charge on any atom is 0.300 e. The minimum atomic E-state index is -0.902. The van der Waals surface area contributed by atoms with Crippen LogP contribution < -0.4 is 14.4 Å². The van der Waals surface area contributed by atoms with Crippen LogP contribution in [0, 0.1) is 6.92 Å². The predicted octanol–water partition coefficient (Wildman–Crippen LogP) is 5.40. The van der Waals surface area contributed by atoms with Crippen molar-refractivity contribution in [1.29, 1.82) is 0 Å². The lowest BCUT2D eigenvalue weighted by atomic mass is 9.94. The van der Waals surface area contributed by atoms with Crippen LogP contribution in [0.25, 0.3) is 5.76 Å². The van der Waals surface area contributed by atoms with E-state index in [2.05, 4.69) is 15.9 Å². The number of ether oxygens (including phenoxy) is 2. The van der Waals surface area contributed by atoms with Crippen molar-refractivity contribution in [3.05, 3.63) is 93.5 Å². The Morgan fingerprint density at radius 2 is 1.70 bits per heavy atom. The number of benzene rings is 3. The predicted molar refractivity (Wildman–Crippen MR) is 130 cm³/mol. The van der Waals surface area contributed by atoms with E-state index < -0.39 is 17.7 Å². The summed E-state index contributed by atoms with van der Waals surface area (Å²) in [7, 11) is 3.05. The number of carbonyl (C=O) groups is 2. The summed E-state index contributed by atoms with van der Waals surface area (Å²) in [6.07, 6.45) is 0. The highest BCUT2D eigenvalue weighted by atomic mass is 79.9. The summed E-state index contributed by atoms with van der Waals surface area (Å²) < 4.78 is 11.7. The first-order chi connectivity index (χ1) is 15.9. The molecule has 1 atom stereocenters. The molecule has 6 nitrogen and oxygen atoms in total. The third kappa shape index (κ3) is 4.00. The van der Waals surface area contributed by atoms with Crippen LogP contribution in [-0.2, 0) is 9.59 Å². The van der Waals surface area contributed by atoms with Gasteiger partial charge in [0.25, 0.3) is 11.7 Å². The van der Waals surface area contributed by atoms with Crippen molar-refractivity contribution < 1.29 is 24.2 Å². The van der Waals surface area contributed by atoms with Crippen molar-refractivity contribution in [2.45, 2.75) is 13.0 Å². The van der Waals surface area contributed by atoms with E-state index >= 15 is 0 Å². The standard InChI is InChI=1S/C26H22BrNO5/c1-15-9-10-17(13-20(15)27)28-23(19-12-11-18(32-2)14-21(19)33-3)22(25(30)26(28)31)24(29)16-7-5-4-6-8-16/h4-14,23,29H,1-3H3/t23-/m0/s1. The van der Waals surface area contributed by atoms with Crippen molar-refractivity contribution in [1.82, 2.24) is 0 Å². The normalized spacial score (nSPS) is 17.3. The molecule has 0 spiro atoms. The number of rotatable bonds is 5. The van der Waals surface area contributed by atoms with Gasteiger partial charge in [-0.05, 0) is 36.8 Å². The van der Waals surface area contributed by atoms with Gasteiger partial charge in [-0.1, -0.05) is 52.3 Å². The SMILES string of the molecule is COc1ccc([C@H]2C(=C(O)c3ccccc3)C(=O)C(=O)N2c2ccc(C)c(Br)c2)c(OC)c1. The molecule has 1 aliphatic heterocycles. The molecule has 1 N–H and O–H groups in total. The summed E-state index contributed by atoms with van der Waals surface area (Å²) >= 11 is 3.51. The summed E-state index contributed by atoms with van der Waals surface area (Å²) in [5.74, 6) is -0.752. The second-order valence-corrected chi connectivity index (χ2v) is 8.43. The van der Waals surface area contributed by atoms with Crippen molar-refractivity contribution in [3.8, 4) is 11.5 Å². The topological polar surface area (TPSA) is 76.1 Å². The number of carbonyl (C=O) groups excluding carboxylic acids is 2. The number of aliphatic hydroxyl groups is 1. The van der Waals surface area contributed by atoms with Gasteiger partial charge in [0.15, 0.2) is 0 Å². The van der Waals surface area contributed by atoms with Crippen LogP contribution >= 0.6 is 15.9 Å². The van der Waals surface area contributed by atoms with Crippen LogP contribution in [0.4, 0.5) is 5.69 Å². The summed E-state index contributed by atoms with van der Waals surface area (Å²) in [4.78, 5) is 28.0. The molecule has 3 aromatic carbocycles. The lowest BCUT2D eigenvalue weighted by molar-refractivity contribution is -0.132. The summed E-state index contributed by atoms with van der Waals surface area (Å²) in [6, 6.07) is 18.4. The molecule has 1 amide bonds. The Kier molecular flexibility index (Phi) is 6.24. The van der Waals surface area contributed by atoms with Gasteiger partial charge in [-0.2, -0.15) is 0 Å². The Morgan fingerprint density at radius 3 is 2.33 bits per heavy atom. The molecule has 168 valence electrons. The number of methoxy groups -OCH3 is 2. The second-order valence-electron chi connectivity index (χ2n) is 7.58. The molecule has 33 heavy (non-hydrogen) atoms. The molecule has 0 radical (unpaired) electrons. The van der Waals surface area contributed by atoms with Crippen LogP contribution in [0.2, 0.25) is 0 Å². The quantitative estimate of drug-likeness (QED) is 0.284. The monoisotopic (exact) mass is 507 g/mol. The fourth-order valence-electron chi connectivity index (χ4n) is 3.92. The van der Waals surface area contributed by atoms with Crippen LogP contribution in [0.3, 0.4) is 0 Å². The number of anilines is 1. The molecule has 1 heterocycles. The van der Waals surface area contributed by atoms with Crippen LogP contribution in [0.5, 0.6) is 11.5 Å². The Balaban J connectivity index is 2.00. The molecular formula is C26H22BrNO5. The summed E-state index contributed by atoms with van der Waals surface area (Å²) in [5.41, 5.74) is 2.49. The van der Waals surface area contributed by atoms with E-state index in [1.165, 1.54) is 12.0 Å². The van der Waals surface area contributed by atoms with Crippen molar-refractivity contribution in [2.24, 2.45) is 0 Å². The molecule has 1 aliphatic rings. The molecule has 7 heteroatoms. The van der Waals surface area contributed by atoms with Gasteiger partial charge in [-0.3, -0.25) is 14.5 Å². The highest BCUT2D eigenvalue weighted by Gasteiger charge is 2.48. The van der Waals surface area contributed by atoms with Crippen molar-refractivity contribution >= 4 is 39.1 Å². The zero-order chi connectivity index (χ0) is 23.7. The Bertz CT molecular complexity index is 1270. The Hall–Kier alpha value is -3.58. The number of ketones is 1. The first kappa shape index (κ1) is 22.6. The van der Waals surface area contributed by atoms with Gasteiger partial charge in [0.05, 0.1) is 25.8 Å². The van der Waals surface area contributed by atoms with E-state index in [9.17, 15) is 14.7 Å². The van der Waals surface area contributed by atoms with E-state index in [4.69, 9.17) is 9.47 Å². The Labute approximate surface area is 200 Å². The molecule has 0 aromatic heterocycles. The van der Waals surface area contributed by atoms with Gasteiger partial charge in [0, 0.05) is 27.4 Å². The van der Waals surface area contributed by atoms with Gasteiger partial charge in [-0.25, -0.2) is 0 Å². The Morgan fingerprint density at radius 1 is 0.970 bits per heavy atom. The molecule has 1 fully saturated rings. The summed E-state index contributed by atoms with van der Waals surface area (Å²) in [6.45, 7) is 1.93. The molecule has 0 unspecified atom stereocenters. The van der Waals surface area contributed by atoms with Gasteiger partial charge < -0.3 is 14.6 Å². The first-order valence-electron chi connectivity index (χ1n) is 10.2. The average molecular weight is 508 g/mol. The maximum absolute atomic E-state index is 13.3. The van der Waals surface area contributed by atoms with Gasteiger partial charge >= 0.3 is 0 Å². The number of nitrogens with zero attached hydrogens (tertiary/aromatic N) is 1. The number of hydrogen-bond acceptors (Lipinski definition) is 5. The van der Waals surface area contributed by atoms with Crippen LogP contribution in [0.1, 0.15) is 22.7 Å². The van der Waals surface area contributed by atoms with Gasteiger partial charge in [0.1, 0.15) is 17.3 Å². The number of aryl methyl sites for hydroxylation is 1. The lowest BCUT2D eigenvalue weighted by Crippen LogP contribution is -2.29. The number of halogens is 1. The van der Waals surface area contributed by atoms with E-state index in [-0.39, 0.29) is 11.3 Å². The van der Waals surface area contributed by atoms with Crippen molar-refractivity contribution in [2.75, 3.05) is 19.1 Å². The number of amides is 1. The second kappa shape index (κ2) is 9.11. The molecular weight excluding hydrogens is 486 g/mol. The first-order valence-corrected chi connectivity index (χ1v) is 11.0. The van der Waals surface area contributed by atoms with E-state index in [0.29, 0.717) is 28.3 Å². The lowest BCUT2D eigenvalue weighted by Gasteiger charge is -2.27.